The summed E-state index contributed by atoms with van der Waals surface area (Å²) in [6, 6.07) is 0. The number of aliphatic hydroxyl groups is 2. The largest absolute Gasteiger partial charge is 0.394 e. The molecule has 0 spiro atoms. The van der Waals surface area contributed by atoms with Crippen LogP contribution in [0, 0.1) is 0 Å². The zero-order chi connectivity index (χ0) is 12.8. The highest BCUT2D eigenvalue weighted by molar-refractivity contribution is 5.85. The Hall–Kier alpha value is -0.650. The molecule has 0 saturated heterocycles. The summed E-state index contributed by atoms with van der Waals surface area (Å²) in [7, 11) is 1.47. The van der Waals surface area contributed by atoms with E-state index in [1.54, 1.807) is 13.8 Å². The smallest absolute Gasteiger partial charge is 0.252 e. The Bertz CT molecular complexity index is 214. The number of aliphatic hydroxyl groups excluding tert-OH is 2. The fourth-order valence-corrected chi connectivity index (χ4v) is 1.21. The standard InChI is InChI=1S/C11H23NO4/c1-5-10(3,16-4)9(15)12-11(6-2,7-13)8-14/h13-14H,5-8H2,1-4H3,(H,12,15). The quantitative estimate of drug-likeness (QED) is 0.580. The summed E-state index contributed by atoms with van der Waals surface area (Å²) in [5, 5.41) is 21.1. The molecular formula is C11H23NO4. The van der Waals surface area contributed by atoms with Gasteiger partial charge in [-0.3, -0.25) is 4.79 Å². The van der Waals surface area contributed by atoms with E-state index in [-0.39, 0.29) is 19.1 Å². The van der Waals surface area contributed by atoms with Crippen LogP contribution in [0.5, 0.6) is 0 Å². The number of hydrogen-bond acceptors (Lipinski definition) is 4. The van der Waals surface area contributed by atoms with Crippen LogP contribution in [0.1, 0.15) is 33.6 Å². The summed E-state index contributed by atoms with van der Waals surface area (Å²) in [5.74, 6) is -0.317. The van der Waals surface area contributed by atoms with Gasteiger partial charge in [0.1, 0.15) is 5.60 Å². The SMILES string of the molecule is CCC(CO)(CO)NC(=O)C(C)(CC)OC. The van der Waals surface area contributed by atoms with Crippen LogP contribution < -0.4 is 5.32 Å². The van der Waals surface area contributed by atoms with Crippen molar-refractivity contribution in [3.05, 3.63) is 0 Å². The van der Waals surface area contributed by atoms with Crippen LogP contribution in [0.2, 0.25) is 0 Å². The molecule has 0 heterocycles. The molecule has 1 unspecified atom stereocenters. The van der Waals surface area contributed by atoms with E-state index in [0.29, 0.717) is 12.8 Å². The van der Waals surface area contributed by atoms with Gasteiger partial charge >= 0.3 is 0 Å². The summed E-state index contributed by atoms with van der Waals surface area (Å²) >= 11 is 0. The highest BCUT2D eigenvalue weighted by Gasteiger charge is 2.37. The lowest BCUT2D eigenvalue weighted by Gasteiger charge is -2.34. The summed E-state index contributed by atoms with van der Waals surface area (Å²) in [4.78, 5) is 12.0. The molecule has 16 heavy (non-hydrogen) atoms. The molecule has 0 aliphatic carbocycles. The van der Waals surface area contributed by atoms with Gasteiger partial charge in [-0.25, -0.2) is 0 Å². The molecule has 1 atom stereocenters. The molecule has 0 aliphatic heterocycles. The van der Waals surface area contributed by atoms with Crippen molar-refractivity contribution >= 4 is 5.91 Å². The monoisotopic (exact) mass is 233 g/mol. The maximum absolute atomic E-state index is 12.0. The number of carbonyl (C=O) groups is 1. The molecular weight excluding hydrogens is 210 g/mol. The van der Waals surface area contributed by atoms with E-state index in [0.717, 1.165) is 0 Å². The predicted octanol–water partition coefficient (Wildman–Crippen LogP) is 0.0511. The van der Waals surface area contributed by atoms with E-state index in [4.69, 9.17) is 4.74 Å². The van der Waals surface area contributed by atoms with Crippen LogP contribution in [0.4, 0.5) is 0 Å². The summed E-state index contributed by atoms with van der Waals surface area (Å²) in [6.07, 6.45) is 0.973. The zero-order valence-electron chi connectivity index (χ0n) is 10.5. The van der Waals surface area contributed by atoms with Gasteiger partial charge < -0.3 is 20.3 Å². The van der Waals surface area contributed by atoms with Gasteiger partial charge in [-0.2, -0.15) is 0 Å². The average Bonchev–Trinajstić information content (AvgIpc) is 2.34. The highest BCUT2D eigenvalue weighted by Crippen LogP contribution is 2.17. The lowest BCUT2D eigenvalue weighted by atomic mass is 9.95. The molecule has 0 saturated carbocycles. The lowest BCUT2D eigenvalue weighted by molar-refractivity contribution is -0.145. The molecule has 96 valence electrons. The second-order valence-electron chi connectivity index (χ2n) is 4.19. The van der Waals surface area contributed by atoms with Crippen LogP contribution >= 0.6 is 0 Å². The van der Waals surface area contributed by atoms with Crippen molar-refractivity contribution in [1.29, 1.82) is 0 Å². The topological polar surface area (TPSA) is 78.8 Å². The van der Waals surface area contributed by atoms with Crippen molar-refractivity contribution in [2.75, 3.05) is 20.3 Å². The minimum absolute atomic E-state index is 0.296. The molecule has 0 rings (SSSR count). The van der Waals surface area contributed by atoms with Gasteiger partial charge in [0.05, 0.1) is 18.8 Å². The predicted molar refractivity (Wildman–Crippen MR) is 61.0 cm³/mol. The molecule has 5 heteroatoms. The van der Waals surface area contributed by atoms with Crippen LogP contribution in [-0.4, -0.2) is 47.6 Å². The molecule has 0 aromatic carbocycles. The molecule has 3 N–H and O–H groups in total. The lowest BCUT2D eigenvalue weighted by Crippen LogP contribution is -2.59. The van der Waals surface area contributed by atoms with Crippen molar-refractivity contribution in [2.24, 2.45) is 0 Å². The average molecular weight is 233 g/mol. The second kappa shape index (κ2) is 6.18. The molecule has 1 amide bonds. The number of carbonyl (C=O) groups excluding carboxylic acids is 1. The van der Waals surface area contributed by atoms with Crippen LogP contribution in [0.15, 0.2) is 0 Å². The molecule has 0 bridgehead atoms. The number of hydrogen-bond donors (Lipinski definition) is 3. The first-order chi connectivity index (χ1) is 7.43. The first kappa shape index (κ1) is 15.3. The Labute approximate surface area is 96.8 Å². The molecule has 0 aromatic heterocycles. The third-order valence-electron chi connectivity index (χ3n) is 3.27. The molecule has 0 fully saturated rings. The Morgan fingerprint density at radius 3 is 2.00 bits per heavy atom. The Kier molecular flexibility index (Phi) is 5.92. The van der Waals surface area contributed by atoms with E-state index in [1.807, 2.05) is 6.92 Å². The van der Waals surface area contributed by atoms with E-state index in [2.05, 4.69) is 5.32 Å². The minimum atomic E-state index is -0.966. The molecule has 5 nitrogen and oxygen atoms in total. The molecule has 0 aromatic rings. The van der Waals surface area contributed by atoms with Crippen molar-refractivity contribution in [2.45, 2.75) is 44.8 Å². The number of methoxy groups -OCH3 is 1. The van der Waals surface area contributed by atoms with E-state index >= 15 is 0 Å². The molecule has 0 radical (unpaired) electrons. The fourth-order valence-electron chi connectivity index (χ4n) is 1.21. The first-order valence-electron chi connectivity index (χ1n) is 5.53. The van der Waals surface area contributed by atoms with Crippen LogP contribution in [-0.2, 0) is 9.53 Å². The number of amides is 1. The van der Waals surface area contributed by atoms with Gasteiger partial charge in [-0.1, -0.05) is 13.8 Å². The van der Waals surface area contributed by atoms with E-state index in [9.17, 15) is 15.0 Å². The Balaban J connectivity index is 4.76. The van der Waals surface area contributed by atoms with Crippen LogP contribution in [0.25, 0.3) is 0 Å². The maximum atomic E-state index is 12.0. The third-order valence-corrected chi connectivity index (χ3v) is 3.27. The fraction of sp³-hybridized carbons (Fsp3) is 0.909. The zero-order valence-corrected chi connectivity index (χ0v) is 10.5. The third kappa shape index (κ3) is 3.17. The van der Waals surface area contributed by atoms with Gasteiger partial charge in [0.25, 0.3) is 5.91 Å². The van der Waals surface area contributed by atoms with Crippen molar-refractivity contribution in [3.8, 4) is 0 Å². The van der Waals surface area contributed by atoms with Gasteiger partial charge in [0.2, 0.25) is 0 Å². The number of ether oxygens (including phenoxy) is 1. The van der Waals surface area contributed by atoms with Gasteiger partial charge in [0, 0.05) is 7.11 Å². The first-order valence-corrected chi connectivity index (χ1v) is 5.53. The number of nitrogens with one attached hydrogen (secondary N) is 1. The minimum Gasteiger partial charge on any atom is -0.394 e. The van der Waals surface area contributed by atoms with Crippen molar-refractivity contribution < 1.29 is 19.7 Å². The maximum Gasteiger partial charge on any atom is 0.252 e. The van der Waals surface area contributed by atoms with Crippen molar-refractivity contribution in [1.82, 2.24) is 5.32 Å². The summed E-state index contributed by atoms with van der Waals surface area (Å²) < 4.78 is 5.15. The number of rotatable bonds is 7. The highest BCUT2D eigenvalue weighted by atomic mass is 16.5. The van der Waals surface area contributed by atoms with Crippen molar-refractivity contribution in [3.63, 3.8) is 0 Å². The summed E-state index contributed by atoms with van der Waals surface area (Å²) in [6.45, 7) is 4.72. The van der Waals surface area contributed by atoms with E-state index < -0.39 is 11.1 Å². The Morgan fingerprint density at radius 1 is 1.25 bits per heavy atom. The normalized spacial score (nSPS) is 15.6. The van der Waals surface area contributed by atoms with Gasteiger partial charge in [-0.05, 0) is 19.8 Å². The van der Waals surface area contributed by atoms with Gasteiger partial charge in [0.15, 0.2) is 0 Å². The van der Waals surface area contributed by atoms with Crippen LogP contribution in [0.3, 0.4) is 0 Å². The molecule has 0 aliphatic rings. The van der Waals surface area contributed by atoms with Gasteiger partial charge in [-0.15, -0.1) is 0 Å². The summed E-state index contributed by atoms with van der Waals surface area (Å²) in [5.41, 5.74) is -1.89. The van der Waals surface area contributed by atoms with E-state index in [1.165, 1.54) is 7.11 Å². The second-order valence-corrected chi connectivity index (χ2v) is 4.19. The Morgan fingerprint density at radius 2 is 1.75 bits per heavy atom.